The minimum Gasteiger partial charge on any atom is -0.464 e. The largest absolute Gasteiger partial charge is 0.464 e. The molecule has 17 heavy (non-hydrogen) atoms. The van der Waals surface area contributed by atoms with E-state index in [4.69, 9.17) is 4.42 Å². The van der Waals surface area contributed by atoms with Gasteiger partial charge in [-0.2, -0.15) is 0 Å². The first-order valence-electron chi connectivity index (χ1n) is 5.32. The van der Waals surface area contributed by atoms with Gasteiger partial charge in [0, 0.05) is 13.1 Å². The fourth-order valence-corrected chi connectivity index (χ4v) is 2.06. The summed E-state index contributed by atoms with van der Waals surface area (Å²) < 4.78 is 6.33. The maximum Gasteiger partial charge on any atom is 0.133 e. The van der Waals surface area contributed by atoms with Gasteiger partial charge < -0.3 is 9.32 Å². The second-order valence-corrected chi connectivity index (χ2v) is 4.78. The normalized spacial score (nSPS) is 10.6. The van der Waals surface area contributed by atoms with Crippen LogP contribution >= 0.6 is 15.9 Å². The molecule has 0 bridgehead atoms. The van der Waals surface area contributed by atoms with Crippen molar-refractivity contribution in [2.24, 2.45) is 0 Å². The van der Waals surface area contributed by atoms with Crippen LogP contribution < -0.4 is 4.90 Å². The fourth-order valence-electron chi connectivity index (χ4n) is 1.60. The van der Waals surface area contributed by atoms with E-state index in [1.165, 1.54) is 0 Å². The van der Waals surface area contributed by atoms with Crippen LogP contribution in [-0.4, -0.2) is 17.0 Å². The zero-order valence-electron chi connectivity index (χ0n) is 10.1. The summed E-state index contributed by atoms with van der Waals surface area (Å²) >= 11 is 3.37. The molecule has 0 aromatic carbocycles. The van der Waals surface area contributed by atoms with Gasteiger partial charge in [-0.3, -0.25) is 0 Å². The molecule has 90 valence electrons. The van der Waals surface area contributed by atoms with E-state index in [1.54, 1.807) is 0 Å². The van der Waals surface area contributed by atoms with Crippen LogP contribution in [0.2, 0.25) is 0 Å². The van der Waals surface area contributed by atoms with E-state index in [2.05, 4.69) is 25.9 Å². The van der Waals surface area contributed by atoms with Crippen LogP contribution in [0.5, 0.6) is 0 Å². The SMILES string of the molecule is Cc1nc(Br)cc(N(C)Cc2ccc(C)o2)n1. The van der Waals surface area contributed by atoms with Gasteiger partial charge in [0.15, 0.2) is 0 Å². The highest BCUT2D eigenvalue weighted by molar-refractivity contribution is 9.10. The van der Waals surface area contributed by atoms with Crippen LogP contribution in [0.1, 0.15) is 17.3 Å². The van der Waals surface area contributed by atoms with Crippen molar-refractivity contribution in [1.29, 1.82) is 0 Å². The molecule has 0 radical (unpaired) electrons. The molecule has 0 saturated carbocycles. The zero-order valence-corrected chi connectivity index (χ0v) is 11.7. The average Bonchev–Trinajstić information content (AvgIpc) is 2.62. The number of aromatic nitrogens is 2. The number of rotatable bonds is 3. The lowest BCUT2D eigenvalue weighted by Gasteiger charge is -2.17. The second-order valence-electron chi connectivity index (χ2n) is 3.96. The first kappa shape index (κ1) is 12.1. The summed E-state index contributed by atoms with van der Waals surface area (Å²) in [7, 11) is 1.98. The van der Waals surface area contributed by atoms with Crippen LogP contribution in [0.25, 0.3) is 0 Å². The predicted octanol–water partition coefficient (Wildman–Crippen LogP) is 3.09. The lowest BCUT2D eigenvalue weighted by molar-refractivity contribution is 0.481. The number of hydrogen-bond donors (Lipinski definition) is 0. The molecule has 5 heteroatoms. The van der Waals surface area contributed by atoms with Crippen molar-refractivity contribution in [2.45, 2.75) is 20.4 Å². The van der Waals surface area contributed by atoms with Gasteiger partial charge in [0.05, 0.1) is 6.54 Å². The summed E-state index contributed by atoms with van der Waals surface area (Å²) in [5.74, 6) is 3.47. The van der Waals surface area contributed by atoms with Crippen molar-refractivity contribution in [3.8, 4) is 0 Å². The Morgan fingerprint density at radius 3 is 2.65 bits per heavy atom. The Morgan fingerprint density at radius 2 is 2.06 bits per heavy atom. The number of aryl methyl sites for hydroxylation is 2. The average molecular weight is 296 g/mol. The Morgan fingerprint density at radius 1 is 1.29 bits per heavy atom. The molecule has 0 atom stereocenters. The van der Waals surface area contributed by atoms with Gasteiger partial charge in [-0.1, -0.05) is 0 Å². The van der Waals surface area contributed by atoms with Gasteiger partial charge in [-0.15, -0.1) is 0 Å². The Kier molecular flexibility index (Phi) is 3.47. The number of halogens is 1. The van der Waals surface area contributed by atoms with E-state index in [0.717, 1.165) is 27.8 Å². The van der Waals surface area contributed by atoms with Gasteiger partial charge in [0.25, 0.3) is 0 Å². The molecule has 0 fully saturated rings. The third kappa shape index (κ3) is 3.06. The van der Waals surface area contributed by atoms with Crippen LogP contribution in [0.15, 0.2) is 27.2 Å². The van der Waals surface area contributed by atoms with Crippen molar-refractivity contribution in [3.63, 3.8) is 0 Å². The zero-order chi connectivity index (χ0) is 12.4. The lowest BCUT2D eigenvalue weighted by Crippen LogP contribution is -2.18. The number of furan rings is 1. The molecule has 2 aromatic rings. The highest BCUT2D eigenvalue weighted by atomic mass is 79.9. The first-order chi connectivity index (χ1) is 8.04. The summed E-state index contributed by atoms with van der Waals surface area (Å²) in [5.41, 5.74) is 0. The molecule has 0 unspecified atom stereocenters. The van der Waals surface area contributed by atoms with Crippen molar-refractivity contribution in [2.75, 3.05) is 11.9 Å². The van der Waals surface area contributed by atoms with Crippen molar-refractivity contribution >= 4 is 21.7 Å². The van der Waals surface area contributed by atoms with E-state index >= 15 is 0 Å². The van der Waals surface area contributed by atoms with Crippen LogP contribution in [0.4, 0.5) is 5.82 Å². The third-order valence-corrected chi connectivity index (χ3v) is 2.78. The smallest absolute Gasteiger partial charge is 0.133 e. The molecule has 2 aromatic heterocycles. The summed E-state index contributed by atoms with van der Waals surface area (Å²) in [6, 6.07) is 5.84. The maximum absolute atomic E-state index is 5.54. The number of anilines is 1. The fraction of sp³-hybridized carbons (Fsp3) is 0.333. The third-order valence-electron chi connectivity index (χ3n) is 2.37. The molecular weight excluding hydrogens is 282 g/mol. The molecule has 0 spiro atoms. The highest BCUT2D eigenvalue weighted by Crippen LogP contribution is 2.18. The van der Waals surface area contributed by atoms with E-state index in [-0.39, 0.29) is 0 Å². The van der Waals surface area contributed by atoms with Crippen molar-refractivity contribution in [3.05, 3.63) is 40.1 Å². The topological polar surface area (TPSA) is 42.2 Å². The van der Waals surface area contributed by atoms with Gasteiger partial charge in [-0.05, 0) is 41.9 Å². The minimum atomic E-state index is 0.691. The molecule has 2 heterocycles. The molecular formula is C12H14BrN3O. The lowest BCUT2D eigenvalue weighted by atomic mass is 10.4. The molecule has 0 saturated heterocycles. The van der Waals surface area contributed by atoms with Crippen molar-refractivity contribution in [1.82, 2.24) is 9.97 Å². The molecule has 4 nitrogen and oxygen atoms in total. The van der Waals surface area contributed by atoms with Crippen molar-refractivity contribution < 1.29 is 4.42 Å². The second kappa shape index (κ2) is 4.87. The molecule has 2 rings (SSSR count). The van der Waals surface area contributed by atoms with Crippen LogP contribution in [-0.2, 0) is 6.54 Å². The Hall–Kier alpha value is -1.36. The standard InChI is InChI=1S/C12H14BrN3O/c1-8-4-5-10(17-8)7-16(3)12-6-11(13)14-9(2)15-12/h4-6H,7H2,1-3H3. The molecule has 0 aliphatic heterocycles. The summed E-state index contributed by atoms with van der Waals surface area (Å²) in [6.07, 6.45) is 0. The van der Waals surface area contributed by atoms with Crippen LogP contribution in [0.3, 0.4) is 0 Å². The van der Waals surface area contributed by atoms with Gasteiger partial charge in [0.1, 0.15) is 27.8 Å². The van der Waals surface area contributed by atoms with Gasteiger partial charge in [-0.25, -0.2) is 9.97 Å². The van der Waals surface area contributed by atoms with E-state index < -0.39 is 0 Å². The monoisotopic (exact) mass is 295 g/mol. The van der Waals surface area contributed by atoms with Gasteiger partial charge >= 0.3 is 0 Å². The minimum absolute atomic E-state index is 0.691. The summed E-state index contributed by atoms with van der Waals surface area (Å²) in [5, 5.41) is 0. The van der Waals surface area contributed by atoms with E-state index in [0.29, 0.717) is 6.54 Å². The Bertz CT molecular complexity index is 504. The maximum atomic E-state index is 5.54. The van der Waals surface area contributed by atoms with E-state index in [9.17, 15) is 0 Å². The molecule has 0 amide bonds. The first-order valence-corrected chi connectivity index (χ1v) is 6.11. The Balaban J connectivity index is 2.16. The number of hydrogen-bond acceptors (Lipinski definition) is 4. The summed E-state index contributed by atoms with van der Waals surface area (Å²) in [4.78, 5) is 10.6. The number of nitrogens with zero attached hydrogens (tertiary/aromatic N) is 3. The molecule has 0 aliphatic carbocycles. The molecule has 0 aliphatic rings. The summed E-state index contributed by atoms with van der Waals surface area (Å²) in [6.45, 7) is 4.50. The van der Waals surface area contributed by atoms with Crippen LogP contribution in [0, 0.1) is 13.8 Å². The Labute approximate surface area is 109 Å². The van der Waals surface area contributed by atoms with E-state index in [1.807, 2.05) is 44.0 Å². The molecule has 0 N–H and O–H groups in total. The quantitative estimate of drug-likeness (QED) is 0.816. The highest BCUT2D eigenvalue weighted by Gasteiger charge is 2.08. The predicted molar refractivity (Wildman–Crippen MR) is 70.0 cm³/mol. The van der Waals surface area contributed by atoms with Gasteiger partial charge in [0.2, 0.25) is 0 Å².